The summed E-state index contributed by atoms with van der Waals surface area (Å²) in [4.78, 5) is 4.18. The Kier molecular flexibility index (Phi) is 2.19. The molecule has 0 bridgehead atoms. The molecular weight excluding hydrogens is 232 g/mol. The molecule has 0 saturated carbocycles. The Labute approximate surface area is 84.5 Å². The number of nitriles is 1. The van der Waals surface area contributed by atoms with Crippen molar-refractivity contribution < 1.29 is 4.74 Å². The Morgan fingerprint density at radius 3 is 3.23 bits per heavy atom. The maximum absolute atomic E-state index is 8.69. The molecule has 0 atom stereocenters. The van der Waals surface area contributed by atoms with Crippen molar-refractivity contribution in [1.82, 2.24) is 4.98 Å². The third-order valence-corrected chi connectivity index (χ3v) is 2.51. The zero-order valence-corrected chi connectivity index (χ0v) is 8.47. The summed E-state index contributed by atoms with van der Waals surface area (Å²) < 4.78 is 6.26. The van der Waals surface area contributed by atoms with E-state index < -0.39 is 0 Å². The molecule has 1 aromatic rings. The summed E-state index contributed by atoms with van der Waals surface area (Å²) in [7, 11) is 0. The molecule has 2 heterocycles. The van der Waals surface area contributed by atoms with Crippen molar-refractivity contribution in [1.29, 1.82) is 5.26 Å². The predicted molar refractivity (Wildman–Crippen MR) is 50.5 cm³/mol. The summed E-state index contributed by atoms with van der Waals surface area (Å²) in [6.45, 7) is 0.735. The normalized spacial score (nSPS) is 14.2. The maximum atomic E-state index is 8.69. The molecule has 2 rings (SSSR count). The summed E-state index contributed by atoms with van der Waals surface area (Å²) >= 11 is 3.36. The van der Waals surface area contributed by atoms with E-state index in [1.165, 1.54) is 0 Å². The average molecular weight is 239 g/mol. The smallest absolute Gasteiger partial charge is 0.155 e. The number of halogens is 1. The van der Waals surface area contributed by atoms with Gasteiger partial charge in [0.2, 0.25) is 0 Å². The SMILES string of the molecule is N#Cc1cc(Br)c2c(n1)CCCO2. The van der Waals surface area contributed by atoms with Crippen molar-refractivity contribution in [3.63, 3.8) is 0 Å². The lowest BCUT2D eigenvalue weighted by atomic mass is 10.1. The summed E-state index contributed by atoms with van der Waals surface area (Å²) in [6, 6.07) is 3.71. The number of aryl methyl sites for hydroxylation is 1. The van der Waals surface area contributed by atoms with Gasteiger partial charge in [-0.1, -0.05) is 0 Å². The molecule has 0 unspecified atom stereocenters. The van der Waals surface area contributed by atoms with E-state index in [1.54, 1.807) is 6.07 Å². The van der Waals surface area contributed by atoms with Crippen LogP contribution in [-0.4, -0.2) is 11.6 Å². The minimum absolute atomic E-state index is 0.441. The lowest BCUT2D eigenvalue weighted by Crippen LogP contribution is -2.11. The second kappa shape index (κ2) is 3.35. The van der Waals surface area contributed by atoms with E-state index >= 15 is 0 Å². The Morgan fingerprint density at radius 1 is 1.62 bits per heavy atom. The van der Waals surface area contributed by atoms with E-state index in [2.05, 4.69) is 20.9 Å². The van der Waals surface area contributed by atoms with Gasteiger partial charge in [-0.25, -0.2) is 4.98 Å². The molecule has 0 spiro atoms. The minimum Gasteiger partial charge on any atom is -0.490 e. The minimum atomic E-state index is 0.441. The van der Waals surface area contributed by atoms with E-state index in [0.717, 1.165) is 35.4 Å². The largest absolute Gasteiger partial charge is 0.490 e. The third kappa shape index (κ3) is 1.52. The highest BCUT2D eigenvalue weighted by Crippen LogP contribution is 2.31. The van der Waals surface area contributed by atoms with Gasteiger partial charge in [-0.15, -0.1) is 0 Å². The number of fused-ring (bicyclic) bond motifs is 1. The third-order valence-electron chi connectivity index (χ3n) is 1.92. The van der Waals surface area contributed by atoms with E-state index in [0.29, 0.717) is 5.69 Å². The number of pyridine rings is 1. The molecule has 0 fully saturated rings. The highest BCUT2D eigenvalue weighted by molar-refractivity contribution is 9.10. The topological polar surface area (TPSA) is 45.9 Å². The van der Waals surface area contributed by atoms with Crippen LogP contribution in [0.1, 0.15) is 17.8 Å². The number of rotatable bonds is 0. The zero-order valence-electron chi connectivity index (χ0n) is 6.88. The zero-order chi connectivity index (χ0) is 9.26. The first kappa shape index (κ1) is 8.52. The fourth-order valence-corrected chi connectivity index (χ4v) is 1.90. The Bertz CT molecular complexity index is 384. The van der Waals surface area contributed by atoms with Crippen LogP contribution in [0.2, 0.25) is 0 Å². The van der Waals surface area contributed by atoms with Crippen molar-refractivity contribution >= 4 is 15.9 Å². The van der Waals surface area contributed by atoms with Crippen molar-refractivity contribution in [2.75, 3.05) is 6.61 Å². The predicted octanol–water partition coefficient (Wildman–Crippen LogP) is 2.04. The second-order valence-corrected chi connectivity index (χ2v) is 3.68. The molecule has 1 aliphatic rings. The molecule has 1 aliphatic heterocycles. The molecular formula is C9H7BrN2O. The van der Waals surface area contributed by atoms with Crippen molar-refractivity contribution in [3.8, 4) is 11.8 Å². The Morgan fingerprint density at radius 2 is 2.46 bits per heavy atom. The van der Waals surface area contributed by atoms with Gasteiger partial charge in [0.15, 0.2) is 5.75 Å². The first-order valence-corrected chi connectivity index (χ1v) is 4.83. The van der Waals surface area contributed by atoms with Gasteiger partial charge in [-0.3, -0.25) is 0 Å². The summed E-state index contributed by atoms with van der Waals surface area (Å²) in [5, 5.41) is 8.69. The van der Waals surface area contributed by atoms with E-state index in [1.807, 2.05) is 6.07 Å². The van der Waals surface area contributed by atoms with E-state index in [9.17, 15) is 0 Å². The number of nitrogens with zero attached hydrogens (tertiary/aromatic N) is 2. The molecule has 66 valence electrons. The summed E-state index contributed by atoms with van der Waals surface area (Å²) in [6.07, 6.45) is 1.87. The molecule has 4 heteroatoms. The van der Waals surface area contributed by atoms with Gasteiger partial charge in [0.1, 0.15) is 11.8 Å². The summed E-state index contributed by atoms with van der Waals surface area (Å²) in [5.74, 6) is 0.797. The molecule has 0 saturated heterocycles. The Balaban J connectivity index is 2.54. The fourth-order valence-electron chi connectivity index (χ4n) is 1.34. The molecule has 1 aromatic heterocycles. The van der Waals surface area contributed by atoms with E-state index in [-0.39, 0.29) is 0 Å². The monoisotopic (exact) mass is 238 g/mol. The van der Waals surface area contributed by atoms with Gasteiger partial charge in [-0.2, -0.15) is 5.26 Å². The highest BCUT2D eigenvalue weighted by atomic mass is 79.9. The quantitative estimate of drug-likeness (QED) is 0.695. The fraction of sp³-hybridized carbons (Fsp3) is 0.333. The molecule has 0 radical (unpaired) electrons. The average Bonchev–Trinajstić information content (AvgIpc) is 2.18. The van der Waals surface area contributed by atoms with Gasteiger partial charge in [0.25, 0.3) is 0 Å². The van der Waals surface area contributed by atoms with Gasteiger partial charge < -0.3 is 4.74 Å². The summed E-state index contributed by atoms with van der Waals surface area (Å²) in [5.41, 5.74) is 1.33. The van der Waals surface area contributed by atoms with Crippen molar-refractivity contribution in [2.24, 2.45) is 0 Å². The van der Waals surface area contributed by atoms with Gasteiger partial charge in [0.05, 0.1) is 16.8 Å². The lowest BCUT2D eigenvalue weighted by molar-refractivity contribution is 0.283. The molecule has 13 heavy (non-hydrogen) atoms. The lowest BCUT2D eigenvalue weighted by Gasteiger charge is -2.17. The van der Waals surface area contributed by atoms with Gasteiger partial charge in [-0.05, 0) is 34.8 Å². The molecule has 0 aromatic carbocycles. The van der Waals surface area contributed by atoms with Crippen LogP contribution in [0.3, 0.4) is 0 Å². The highest BCUT2D eigenvalue weighted by Gasteiger charge is 2.16. The van der Waals surface area contributed by atoms with Crippen LogP contribution in [0.4, 0.5) is 0 Å². The number of hydrogen-bond acceptors (Lipinski definition) is 3. The first-order valence-electron chi connectivity index (χ1n) is 4.03. The van der Waals surface area contributed by atoms with Gasteiger partial charge >= 0.3 is 0 Å². The van der Waals surface area contributed by atoms with Crippen LogP contribution in [0.15, 0.2) is 10.5 Å². The van der Waals surface area contributed by atoms with Crippen molar-refractivity contribution in [2.45, 2.75) is 12.8 Å². The molecule has 0 N–H and O–H groups in total. The van der Waals surface area contributed by atoms with Crippen LogP contribution in [-0.2, 0) is 6.42 Å². The standard InChI is InChI=1S/C9H7BrN2O/c10-7-4-6(5-11)12-8-2-1-3-13-9(7)8/h4H,1-3H2. The van der Waals surface area contributed by atoms with Crippen LogP contribution in [0.25, 0.3) is 0 Å². The number of ether oxygens (including phenoxy) is 1. The van der Waals surface area contributed by atoms with Gasteiger partial charge in [0, 0.05) is 0 Å². The second-order valence-electron chi connectivity index (χ2n) is 2.83. The number of hydrogen-bond donors (Lipinski definition) is 0. The molecule has 0 aliphatic carbocycles. The van der Waals surface area contributed by atoms with Crippen LogP contribution in [0.5, 0.6) is 5.75 Å². The first-order chi connectivity index (χ1) is 6.31. The van der Waals surface area contributed by atoms with Crippen LogP contribution < -0.4 is 4.74 Å². The van der Waals surface area contributed by atoms with Crippen LogP contribution >= 0.6 is 15.9 Å². The van der Waals surface area contributed by atoms with Crippen molar-refractivity contribution in [3.05, 3.63) is 21.9 Å². The maximum Gasteiger partial charge on any atom is 0.155 e. The molecule has 0 amide bonds. The van der Waals surface area contributed by atoms with Crippen LogP contribution in [0, 0.1) is 11.3 Å². The Hall–Kier alpha value is -1.08. The molecule has 3 nitrogen and oxygen atoms in total. The van der Waals surface area contributed by atoms with E-state index in [4.69, 9.17) is 10.00 Å². The number of aromatic nitrogens is 1.